The van der Waals surface area contributed by atoms with Crippen LogP contribution in [0.2, 0.25) is 0 Å². The smallest absolute Gasteiger partial charge is 0.343 e. The van der Waals surface area contributed by atoms with Crippen molar-refractivity contribution in [3.8, 4) is 22.6 Å². The first-order chi connectivity index (χ1) is 19.0. The van der Waals surface area contributed by atoms with Crippen LogP contribution in [-0.2, 0) is 16.0 Å². The molecule has 0 aliphatic carbocycles. The summed E-state index contributed by atoms with van der Waals surface area (Å²) in [5, 5.41) is 4.49. The van der Waals surface area contributed by atoms with Crippen molar-refractivity contribution in [1.82, 2.24) is 24.1 Å². The topological polar surface area (TPSA) is 86.8 Å². The van der Waals surface area contributed by atoms with Crippen LogP contribution in [0.15, 0.2) is 67.1 Å². The molecule has 0 amide bonds. The van der Waals surface area contributed by atoms with Crippen molar-refractivity contribution in [2.75, 3.05) is 31.8 Å². The van der Waals surface area contributed by atoms with Gasteiger partial charge < -0.3 is 18.9 Å². The van der Waals surface area contributed by atoms with E-state index in [4.69, 9.17) is 14.5 Å². The van der Waals surface area contributed by atoms with Crippen LogP contribution in [0.5, 0.6) is 0 Å². The normalized spacial score (nSPS) is 17.5. The Morgan fingerprint density at radius 2 is 2.03 bits per heavy atom. The van der Waals surface area contributed by atoms with Crippen LogP contribution in [0.1, 0.15) is 35.3 Å². The molecular weight excluding hydrogens is 499 g/mol. The number of aromatic nitrogens is 5. The fraction of sp³-hybridized carbons (Fsp3) is 0.310. The summed E-state index contributed by atoms with van der Waals surface area (Å²) in [6, 6.07) is 15.6. The molecule has 1 saturated heterocycles. The Kier molecular flexibility index (Phi) is 6.70. The fourth-order valence-corrected chi connectivity index (χ4v) is 5.18. The SMILES string of the molecule is CCOC(=O)c1cnn2c(N(C)Cc3ccccc3)cc(-c3cnc4n([C@H]5CCOC[C@H]5F)cccc3-4)nc12. The number of hydrogen-bond acceptors (Lipinski definition) is 7. The van der Waals surface area contributed by atoms with E-state index >= 15 is 0 Å². The Morgan fingerprint density at radius 1 is 1.18 bits per heavy atom. The molecule has 1 aromatic carbocycles. The van der Waals surface area contributed by atoms with E-state index in [2.05, 4.69) is 27.1 Å². The van der Waals surface area contributed by atoms with Crippen LogP contribution in [0.3, 0.4) is 0 Å². The highest BCUT2D eigenvalue weighted by molar-refractivity contribution is 5.96. The molecule has 200 valence electrons. The summed E-state index contributed by atoms with van der Waals surface area (Å²) < 4.78 is 28.9. The zero-order valence-corrected chi connectivity index (χ0v) is 21.8. The van der Waals surface area contributed by atoms with Gasteiger partial charge in [0.25, 0.3) is 0 Å². The minimum absolute atomic E-state index is 0.0782. The van der Waals surface area contributed by atoms with E-state index in [1.54, 1.807) is 17.6 Å². The van der Waals surface area contributed by atoms with Gasteiger partial charge in [0, 0.05) is 49.8 Å². The number of anilines is 1. The molecule has 2 aromatic heterocycles. The number of benzene rings is 1. The predicted octanol–water partition coefficient (Wildman–Crippen LogP) is 4.81. The Morgan fingerprint density at radius 3 is 2.82 bits per heavy atom. The van der Waals surface area contributed by atoms with Gasteiger partial charge in [-0.2, -0.15) is 9.61 Å². The first kappa shape index (κ1) is 25.0. The largest absolute Gasteiger partial charge is 0.462 e. The molecule has 0 spiro atoms. The van der Waals surface area contributed by atoms with E-state index in [-0.39, 0.29) is 24.8 Å². The van der Waals surface area contributed by atoms with Crippen LogP contribution in [0.4, 0.5) is 10.2 Å². The van der Waals surface area contributed by atoms with E-state index < -0.39 is 12.1 Å². The molecule has 3 aliphatic rings. The molecule has 9 nitrogen and oxygen atoms in total. The lowest BCUT2D eigenvalue weighted by molar-refractivity contribution is 0.00346. The third-order valence-corrected chi connectivity index (χ3v) is 7.09. The Hall–Kier alpha value is -4.31. The molecule has 5 heterocycles. The number of carbonyl (C=O) groups excluding carboxylic acids is 1. The van der Waals surface area contributed by atoms with Gasteiger partial charge in [0.05, 0.1) is 31.1 Å². The van der Waals surface area contributed by atoms with Crippen molar-refractivity contribution in [2.45, 2.75) is 32.1 Å². The van der Waals surface area contributed by atoms with Crippen molar-refractivity contribution in [3.63, 3.8) is 0 Å². The lowest BCUT2D eigenvalue weighted by atomic mass is 10.0. The fourth-order valence-electron chi connectivity index (χ4n) is 5.18. The molecule has 0 radical (unpaired) electrons. The number of ether oxygens (including phenoxy) is 2. The van der Waals surface area contributed by atoms with E-state index in [9.17, 15) is 9.18 Å². The average Bonchev–Trinajstić information content (AvgIpc) is 3.58. The van der Waals surface area contributed by atoms with Gasteiger partial charge in [0.1, 0.15) is 23.4 Å². The van der Waals surface area contributed by atoms with E-state index in [0.29, 0.717) is 36.7 Å². The minimum Gasteiger partial charge on any atom is -0.462 e. The number of esters is 1. The molecule has 0 unspecified atom stereocenters. The number of halogens is 1. The maximum absolute atomic E-state index is 14.8. The van der Waals surface area contributed by atoms with Crippen molar-refractivity contribution < 1.29 is 18.7 Å². The van der Waals surface area contributed by atoms with Gasteiger partial charge in [-0.3, -0.25) is 0 Å². The number of fused-ring (bicyclic) bond motifs is 2. The number of nitrogens with zero attached hydrogens (tertiary/aromatic N) is 6. The minimum atomic E-state index is -1.11. The highest BCUT2D eigenvalue weighted by Gasteiger charge is 2.30. The molecule has 2 atom stereocenters. The summed E-state index contributed by atoms with van der Waals surface area (Å²) in [5.41, 5.74) is 4.08. The first-order valence-corrected chi connectivity index (χ1v) is 13.0. The Labute approximate surface area is 225 Å². The lowest BCUT2D eigenvalue weighted by Gasteiger charge is -2.29. The number of carbonyl (C=O) groups is 1. The van der Waals surface area contributed by atoms with Gasteiger partial charge in [-0.15, -0.1) is 0 Å². The summed E-state index contributed by atoms with van der Waals surface area (Å²) in [4.78, 5) is 24.4. The third kappa shape index (κ3) is 4.61. The highest BCUT2D eigenvalue weighted by atomic mass is 19.1. The summed E-state index contributed by atoms with van der Waals surface area (Å²) in [6.45, 7) is 3.22. The van der Waals surface area contributed by atoms with Crippen LogP contribution >= 0.6 is 0 Å². The molecule has 39 heavy (non-hydrogen) atoms. The molecule has 0 N–H and O–H groups in total. The standard InChI is InChI=1S/C29H29FN6O3/c1-3-39-29(37)22-16-32-36-26(34(2)17-19-8-5-4-6-9-19)14-24(33-28(22)36)21-15-31-27-20(21)10-7-12-35(27)25-11-13-38-18-23(25)30/h4-10,12,14-16,23,25H,3,11,13,17-18H2,1-2H3/t23-,25+/m1/s1. The number of hydrogen-bond donors (Lipinski definition) is 0. The molecule has 0 bridgehead atoms. The quantitative estimate of drug-likeness (QED) is 0.280. The summed E-state index contributed by atoms with van der Waals surface area (Å²) in [6.07, 6.45) is 4.58. The molecule has 3 aromatic rings. The van der Waals surface area contributed by atoms with Gasteiger partial charge >= 0.3 is 5.97 Å². The first-order valence-electron chi connectivity index (χ1n) is 13.0. The van der Waals surface area contributed by atoms with Crippen molar-refractivity contribution in [2.24, 2.45) is 0 Å². The molecule has 1 fully saturated rings. The Balaban J connectivity index is 1.46. The summed E-state index contributed by atoms with van der Waals surface area (Å²) >= 11 is 0. The number of pyridine rings is 1. The second kappa shape index (κ2) is 10.5. The van der Waals surface area contributed by atoms with E-state index in [1.165, 1.54) is 6.20 Å². The highest BCUT2D eigenvalue weighted by Crippen LogP contribution is 2.37. The molecule has 3 aliphatic heterocycles. The van der Waals surface area contributed by atoms with Crippen LogP contribution in [-0.4, -0.2) is 63.2 Å². The second-order valence-electron chi connectivity index (χ2n) is 9.63. The van der Waals surface area contributed by atoms with E-state index in [0.717, 1.165) is 22.5 Å². The van der Waals surface area contributed by atoms with Gasteiger partial charge in [-0.05, 0) is 31.0 Å². The summed E-state index contributed by atoms with van der Waals surface area (Å²) in [5.74, 6) is 0.952. The zero-order chi connectivity index (χ0) is 26.9. The number of rotatable bonds is 7. The van der Waals surface area contributed by atoms with E-state index in [1.807, 2.05) is 54.2 Å². The lowest BCUT2D eigenvalue weighted by Crippen LogP contribution is -2.32. The molecular formula is C29H29FN6O3. The molecule has 6 rings (SSSR count). The van der Waals surface area contributed by atoms with Crippen molar-refractivity contribution >= 4 is 17.4 Å². The molecule has 10 heteroatoms. The number of alkyl halides is 1. The van der Waals surface area contributed by atoms with Crippen LogP contribution < -0.4 is 4.90 Å². The van der Waals surface area contributed by atoms with Crippen molar-refractivity contribution in [3.05, 3.63) is 78.2 Å². The maximum Gasteiger partial charge on any atom is 0.343 e. The van der Waals surface area contributed by atoms with Gasteiger partial charge in [-0.25, -0.2) is 19.2 Å². The molecule has 0 saturated carbocycles. The van der Waals surface area contributed by atoms with Gasteiger partial charge in [-0.1, -0.05) is 30.3 Å². The second-order valence-corrected chi connectivity index (χ2v) is 9.63. The van der Waals surface area contributed by atoms with Gasteiger partial charge in [0.2, 0.25) is 0 Å². The zero-order valence-electron chi connectivity index (χ0n) is 21.8. The monoisotopic (exact) mass is 528 g/mol. The Bertz CT molecular complexity index is 1580. The van der Waals surface area contributed by atoms with Crippen molar-refractivity contribution in [1.29, 1.82) is 0 Å². The van der Waals surface area contributed by atoms with Crippen LogP contribution in [0, 0.1) is 0 Å². The maximum atomic E-state index is 14.8. The third-order valence-electron chi connectivity index (χ3n) is 7.09. The predicted molar refractivity (Wildman–Crippen MR) is 145 cm³/mol. The summed E-state index contributed by atoms with van der Waals surface area (Å²) in [7, 11) is 1.97. The average molecular weight is 529 g/mol. The van der Waals surface area contributed by atoms with Crippen LogP contribution in [0.25, 0.3) is 28.3 Å². The van der Waals surface area contributed by atoms with Gasteiger partial charge in [0.15, 0.2) is 5.65 Å².